The minimum atomic E-state index is 0.0376. The molecule has 1 aliphatic carbocycles. The van der Waals surface area contributed by atoms with E-state index in [1.165, 1.54) is 0 Å². The van der Waals surface area contributed by atoms with Crippen molar-refractivity contribution in [3.63, 3.8) is 0 Å². The number of aryl methyl sites for hydroxylation is 1. The summed E-state index contributed by atoms with van der Waals surface area (Å²) in [6, 6.07) is 8.15. The minimum absolute atomic E-state index is 0.0376. The quantitative estimate of drug-likeness (QED) is 0.765. The molecule has 2 heterocycles. The lowest BCUT2D eigenvalue weighted by atomic mass is 9.87. The van der Waals surface area contributed by atoms with Gasteiger partial charge in [0.1, 0.15) is 5.82 Å². The van der Waals surface area contributed by atoms with Crippen molar-refractivity contribution >= 4 is 22.5 Å². The fourth-order valence-electron chi connectivity index (χ4n) is 3.75. The highest BCUT2D eigenvalue weighted by Crippen LogP contribution is 2.28. The van der Waals surface area contributed by atoms with E-state index in [2.05, 4.69) is 27.5 Å². The number of ether oxygens (including phenoxy) is 1. The van der Waals surface area contributed by atoms with Crippen molar-refractivity contribution in [2.45, 2.75) is 31.8 Å². The van der Waals surface area contributed by atoms with E-state index in [0.717, 1.165) is 47.6 Å². The number of carbonyl (C=O) groups is 1. The second-order valence-electron chi connectivity index (χ2n) is 7.23. The Morgan fingerprint density at radius 3 is 2.63 bits per heavy atom. The van der Waals surface area contributed by atoms with E-state index in [-0.39, 0.29) is 11.8 Å². The fourth-order valence-corrected chi connectivity index (χ4v) is 3.75. The number of nitrogens with one attached hydrogen (secondary N) is 1. The Hall–Kier alpha value is -2.73. The van der Waals surface area contributed by atoms with Gasteiger partial charge in [0, 0.05) is 43.4 Å². The highest BCUT2D eigenvalue weighted by molar-refractivity contribution is 5.95. The predicted octanol–water partition coefficient (Wildman–Crippen LogP) is 3.78. The van der Waals surface area contributed by atoms with Crippen molar-refractivity contribution in [2.75, 3.05) is 12.4 Å². The molecule has 6 nitrogen and oxygen atoms in total. The largest absolute Gasteiger partial charge is 0.381 e. The molecule has 1 saturated carbocycles. The van der Waals surface area contributed by atoms with Gasteiger partial charge in [-0.15, -0.1) is 0 Å². The molecule has 4 rings (SSSR count). The van der Waals surface area contributed by atoms with Gasteiger partial charge in [-0.2, -0.15) is 5.10 Å². The van der Waals surface area contributed by atoms with Gasteiger partial charge < -0.3 is 10.1 Å². The Kier molecular flexibility index (Phi) is 4.90. The van der Waals surface area contributed by atoms with E-state index in [4.69, 9.17) is 4.74 Å². The molecule has 6 heteroatoms. The van der Waals surface area contributed by atoms with Crippen LogP contribution in [-0.4, -0.2) is 33.9 Å². The number of hydrogen-bond acceptors (Lipinski definition) is 4. The second-order valence-corrected chi connectivity index (χ2v) is 7.23. The van der Waals surface area contributed by atoms with Crippen LogP contribution in [0, 0.1) is 5.92 Å². The maximum Gasteiger partial charge on any atom is 0.228 e. The summed E-state index contributed by atoms with van der Waals surface area (Å²) < 4.78 is 7.17. The van der Waals surface area contributed by atoms with Gasteiger partial charge in [-0.25, -0.2) is 4.98 Å². The first kappa shape index (κ1) is 17.7. The molecule has 1 aliphatic rings. The molecule has 0 aliphatic heterocycles. The Morgan fingerprint density at radius 2 is 1.93 bits per heavy atom. The molecular formula is C21H24N4O2. The lowest BCUT2D eigenvalue weighted by molar-refractivity contribution is -0.121. The summed E-state index contributed by atoms with van der Waals surface area (Å²) in [6.45, 7) is 0. The third-order valence-corrected chi connectivity index (χ3v) is 5.39. The van der Waals surface area contributed by atoms with E-state index >= 15 is 0 Å². The molecule has 0 spiro atoms. The molecule has 0 saturated heterocycles. The number of aromatic nitrogens is 3. The van der Waals surface area contributed by atoms with Crippen LogP contribution < -0.4 is 5.32 Å². The number of nitrogens with zero attached hydrogens (tertiary/aromatic N) is 3. The van der Waals surface area contributed by atoms with Crippen molar-refractivity contribution < 1.29 is 9.53 Å². The van der Waals surface area contributed by atoms with Crippen LogP contribution in [-0.2, 0) is 16.6 Å². The number of rotatable bonds is 4. The van der Waals surface area contributed by atoms with Crippen molar-refractivity contribution in [1.82, 2.24) is 14.8 Å². The van der Waals surface area contributed by atoms with Gasteiger partial charge in [-0.3, -0.25) is 9.48 Å². The zero-order valence-electron chi connectivity index (χ0n) is 15.7. The van der Waals surface area contributed by atoms with Gasteiger partial charge >= 0.3 is 0 Å². The molecular weight excluding hydrogens is 340 g/mol. The Balaban J connectivity index is 1.51. The SMILES string of the molecule is COC1CCC(C(=O)Nc2cc3cc(-c4cnn(C)c4)ccc3cn2)CC1. The monoisotopic (exact) mass is 364 g/mol. The van der Waals surface area contributed by atoms with Crippen molar-refractivity contribution in [2.24, 2.45) is 13.0 Å². The summed E-state index contributed by atoms with van der Waals surface area (Å²) in [4.78, 5) is 17.0. The highest BCUT2D eigenvalue weighted by atomic mass is 16.5. The van der Waals surface area contributed by atoms with Gasteiger partial charge in [0.05, 0.1) is 12.3 Å². The summed E-state index contributed by atoms with van der Waals surface area (Å²) in [5, 5.41) is 9.31. The third-order valence-electron chi connectivity index (χ3n) is 5.39. The highest BCUT2D eigenvalue weighted by Gasteiger charge is 2.26. The average molecular weight is 364 g/mol. The Labute approximate surface area is 158 Å². The number of benzene rings is 1. The maximum absolute atomic E-state index is 12.6. The number of anilines is 1. The first-order chi connectivity index (χ1) is 13.1. The standard InChI is InChI=1S/C21H24N4O2/c1-25-13-18(12-23-25)15-3-4-16-11-22-20(10-17(16)9-15)24-21(26)14-5-7-19(27-2)8-6-14/h3-4,9-14,19H,5-8H2,1-2H3,(H,22,24,26). The average Bonchev–Trinajstić information content (AvgIpc) is 3.14. The number of pyridine rings is 1. The smallest absolute Gasteiger partial charge is 0.228 e. The molecule has 1 N–H and O–H groups in total. The van der Waals surface area contributed by atoms with Crippen LogP contribution in [0.25, 0.3) is 21.9 Å². The summed E-state index contributed by atoms with van der Waals surface area (Å²) in [5.41, 5.74) is 2.16. The first-order valence-electron chi connectivity index (χ1n) is 9.35. The van der Waals surface area contributed by atoms with E-state index in [1.54, 1.807) is 18.0 Å². The van der Waals surface area contributed by atoms with Gasteiger partial charge in [-0.1, -0.05) is 12.1 Å². The lowest BCUT2D eigenvalue weighted by Gasteiger charge is -2.26. The third kappa shape index (κ3) is 3.85. The number of fused-ring (bicyclic) bond motifs is 1. The second kappa shape index (κ2) is 7.48. The maximum atomic E-state index is 12.6. The van der Waals surface area contributed by atoms with E-state index in [1.807, 2.05) is 31.6 Å². The van der Waals surface area contributed by atoms with Gasteiger partial charge in [0.25, 0.3) is 0 Å². The van der Waals surface area contributed by atoms with E-state index in [9.17, 15) is 4.79 Å². The summed E-state index contributed by atoms with van der Waals surface area (Å²) in [6.07, 6.45) is 9.54. The van der Waals surface area contributed by atoms with E-state index in [0.29, 0.717) is 11.9 Å². The molecule has 1 aromatic carbocycles. The molecule has 1 fully saturated rings. The molecule has 2 aromatic heterocycles. The number of carbonyl (C=O) groups excluding carboxylic acids is 1. The van der Waals surface area contributed by atoms with Crippen LogP contribution in [0.1, 0.15) is 25.7 Å². The summed E-state index contributed by atoms with van der Waals surface area (Å²) in [7, 11) is 3.64. The van der Waals surface area contributed by atoms with Crippen molar-refractivity contribution in [3.05, 3.63) is 42.9 Å². The molecule has 140 valence electrons. The summed E-state index contributed by atoms with van der Waals surface area (Å²) >= 11 is 0. The minimum Gasteiger partial charge on any atom is -0.381 e. The molecule has 3 aromatic rings. The van der Waals surface area contributed by atoms with Crippen LogP contribution in [0.3, 0.4) is 0 Å². The van der Waals surface area contributed by atoms with Crippen LogP contribution >= 0.6 is 0 Å². The van der Waals surface area contributed by atoms with Gasteiger partial charge in [0.15, 0.2) is 0 Å². The number of amides is 1. The molecule has 0 radical (unpaired) electrons. The van der Waals surface area contributed by atoms with Gasteiger partial charge in [-0.05, 0) is 48.8 Å². The lowest BCUT2D eigenvalue weighted by Crippen LogP contribution is -2.29. The van der Waals surface area contributed by atoms with Crippen molar-refractivity contribution in [1.29, 1.82) is 0 Å². The zero-order chi connectivity index (χ0) is 18.8. The van der Waals surface area contributed by atoms with Crippen LogP contribution in [0.4, 0.5) is 5.82 Å². The van der Waals surface area contributed by atoms with Crippen LogP contribution in [0.2, 0.25) is 0 Å². The molecule has 1 amide bonds. The fraction of sp³-hybridized carbons (Fsp3) is 0.381. The molecule has 27 heavy (non-hydrogen) atoms. The first-order valence-corrected chi connectivity index (χ1v) is 9.35. The van der Waals surface area contributed by atoms with Crippen LogP contribution in [0.5, 0.6) is 0 Å². The summed E-state index contributed by atoms with van der Waals surface area (Å²) in [5.74, 6) is 0.695. The topological polar surface area (TPSA) is 69.0 Å². The Morgan fingerprint density at radius 1 is 1.11 bits per heavy atom. The van der Waals surface area contributed by atoms with Crippen LogP contribution in [0.15, 0.2) is 42.9 Å². The van der Waals surface area contributed by atoms with E-state index < -0.39 is 0 Å². The predicted molar refractivity (Wildman–Crippen MR) is 105 cm³/mol. The molecule has 0 atom stereocenters. The van der Waals surface area contributed by atoms with Crippen molar-refractivity contribution in [3.8, 4) is 11.1 Å². The molecule has 0 bridgehead atoms. The normalized spacial score (nSPS) is 19.9. The molecule has 0 unspecified atom stereocenters. The Bertz CT molecular complexity index is 958. The zero-order valence-corrected chi connectivity index (χ0v) is 15.7. The number of methoxy groups -OCH3 is 1. The number of hydrogen-bond donors (Lipinski definition) is 1. The van der Waals surface area contributed by atoms with Gasteiger partial charge in [0.2, 0.25) is 5.91 Å².